The number of aliphatic hydroxyl groups excluding tert-OH is 1. The minimum absolute atomic E-state index is 0.230. The van der Waals surface area contributed by atoms with Crippen molar-refractivity contribution in [1.82, 2.24) is 19.7 Å². The second-order valence-electron chi connectivity index (χ2n) is 4.87. The fourth-order valence-corrected chi connectivity index (χ4v) is 1.88. The van der Waals surface area contributed by atoms with Crippen molar-refractivity contribution in [3.05, 3.63) is 42.0 Å². The fourth-order valence-electron chi connectivity index (χ4n) is 1.88. The van der Waals surface area contributed by atoms with Crippen LogP contribution >= 0.6 is 0 Å². The number of hydrogen-bond acceptors (Lipinski definition) is 4. The van der Waals surface area contributed by atoms with E-state index in [1.165, 1.54) is 18.6 Å². The van der Waals surface area contributed by atoms with E-state index in [1.807, 2.05) is 0 Å². The molecule has 0 aromatic carbocycles. The zero-order valence-electron chi connectivity index (χ0n) is 11.0. The molecule has 1 atom stereocenters. The Hall–Kier alpha value is -1.82. The lowest BCUT2D eigenvalue weighted by Crippen LogP contribution is -2.14. The molecule has 19 heavy (non-hydrogen) atoms. The van der Waals surface area contributed by atoms with Gasteiger partial charge in [0.15, 0.2) is 0 Å². The quantitative estimate of drug-likeness (QED) is 0.893. The van der Waals surface area contributed by atoms with Gasteiger partial charge in [-0.1, -0.05) is 13.8 Å². The Morgan fingerprint density at radius 2 is 2.21 bits per heavy atom. The van der Waals surface area contributed by atoms with Gasteiger partial charge < -0.3 is 5.11 Å². The summed E-state index contributed by atoms with van der Waals surface area (Å²) in [5, 5.41) is 14.2. The fraction of sp³-hybridized carbons (Fsp3) is 0.462. The SMILES string of the molecule is CC(C)Cn1ncnc1CC(O)c1ccncc1F. The highest BCUT2D eigenvalue weighted by molar-refractivity contribution is 5.16. The lowest BCUT2D eigenvalue weighted by molar-refractivity contribution is 0.168. The number of pyridine rings is 1. The van der Waals surface area contributed by atoms with Crippen LogP contribution in [0.1, 0.15) is 31.3 Å². The normalized spacial score (nSPS) is 12.9. The zero-order valence-corrected chi connectivity index (χ0v) is 11.0. The maximum atomic E-state index is 13.5. The molecular formula is C13H17FN4O. The van der Waals surface area contributed by atoms with Crippen molar-refractivity contribution in [2.45, 2.75) is 32.9 Å². The topological polar surface area (TPSA) is 63.8 Å². The summed E-state index contributed by atoms with van der Waals surface area (Å²) in [7, 11) is 0. The molecule has 2 aromatic heterocycles. The van der Waals surface area contributed by atoms with Gasteiger partial charge in [0.1, 0.15) is 18.0 Å². The molecule has 0 aliphatic heterocycles. The van der Waals surface area contributed by atoms with Crippen molar-refractivity contribution in [3.63, 3.8) is 0 Å². The number of rotatable bonds is 5. The molecule has 1 N–H and O–H groups in total. The third-order valence-electron chi connectivity index (χ3n) is 2.77. The number of hydrogen-bond donors (Lipinski definition) is 1. The lowest BCUT2D eigenvalue weighted by atomic mass is 10.1. The Morgan fingerprint density at radius 1 is 1.42 bits per heavy atom. The minimum Gasteiger partial charge on any atom is -0.388 e. The molecule has 0 saturated heterocycles. The first-order valence-corrected chi connectivity index (χ1v) is 6.22. The van der Waals surface area contributed by atoms with Crippen molar-refractivity contribution < 1.29 is 9.50 Å². The van der Waals surface area contributed by atoms with Crippen LogP contribution < -0.4 is 0 Å². The third-order valence-corrected chi connectivity index (χ3v) is 2.77. The predicted molar refractivity (Wildman–Crippen MR) is 67.7 cm³/mol. The summed E-state index contributed by atoms with van der Waals surface area (Å²) in [5.74, 6) is 0.567. The Labute approximate surface area is 111 Å². The van der Waals surface area contributed by atoms with Crippen molar-refractivity contribution in [3.8, 4) is 0 Å². The van der Waals surface area contributed by atoms with Gasteiger partial charge in [-0.25, -0.2) is 14.1 Å². The van der Waals surface area contributed by atoms with Crippen molar-refractivity contribution in [2.75, 3.05) is 0 Å². The van der Waals surface area contributed by atoms with E-state index >= 15 is 0 Å². The highest BCUT2D eigenvalue weighted by Crippen LogP contribution is 2.19. The summed E-state index contributed by atoms with van der Waals surface area (Å²) in [6.07, 6.45) is 3.29. The number of nitrogens with zero attached hydrogens (tertiary/aromatic N) is 4. The minimum atomic E-state index is -0.946. The van der Waals surface area contributed by atoms with E-state index in [0.717, 1.165) is 12.7 Å². The molecule has 2 aromatic rings. The maximum Gasteiger partial charge on any atom is 0.147 e. The summed E-state index contributed by atoms with van der Waals surface area (Å²) < 4.78 is 15.3. The first-order chi connectivity index (χ1) is 9.08. The number of aliphatic hydroxyl groups is 1. The lowest BCUT2D eigenvalue weighted by Gasteiger charge is -2.13. The van der Waals surface area contributed by atoms with Gasteiger partial charge in [-0.3, -0.25) is 4.98 Å². The van der Waals surface area contributed by atoms with Crippen molar-refractivity contribution >= 4 is 0 Å². The molecule has 2 heterocycles. The van der Waals surface area contributed by atoms with E-state index in [4.69, 9.17) is 0 Å². The van der Waals surface area contributed by atoms with E-state index in [-0.39, 0.29) is 12.0 Å². The second-order valence-corrected chi connectivity index (χ2v) is 4.87. The molecule has 0 radical (unpaired) electrons. The van der Waals surface area contributed by atoms with Crippen LogP contribution in [0.4, 0.5) is 4.39 Å². The van der Waals surface area contributed by atoms with Gasteiger partial charge in [0.05, 0.1) is 12.3 Å². The van der Waals surface area contributed by atoms with Crippen LogP contribution in [0.3, 0.4) is 0 Å². The van der Waals surface area contributed by atoms with Gasteiger partial charge >= 0.3 is 0 Å². The molecule has 0 aliphatic carbocycles. The van der Waals surface area contributed by atoms with Crippen LogP contribution in [-0.2, 0) is 13.0 Å². The molecule has 1 unspecified atom stereocenters. The molecule has 6 heteroatoms. The molecule has 102 valence electrons. The van der Waals surface area contributed by atoms with Gasteiger partial charge in [0, 0.05) is 24.7 Å². The molecule has 2 rings (SSSR count). The van der Waals surface area contributed by atoms with E-state index in [0.29, 0.717) is 11.7 Å². The van der Waals surface area contributed by atoms with Crippen LogP contribution in [0.5, 0.6) is 0 Å². The van der Waals surface area contributed by atoms with Crippen LogP contribution in [0.2, 0.25) is 0 Å². The van der Waals surface area contributed by atoms with E-state index < -0.39 is 11.9 Å². The first kappa shape index (κ1) is 13.6. The Morgan fingerprint density at radius 3 is 2.89 bits per heavy atom. The molecule has 0 aliphatic rings. The number of halogens is 1. The van der Waals surface area contributed by atoms with Crippen LogP contribution in [0, 0.1) is 11.7 Å². The summed E-state index contributed by atoms with van der Waals surface area (Å²) in [4.78, 5) is 7.78. The summed E-state index contributed by atoms with van der Waals surface area (Å²) in [6.45, 7) is 4.87. The molecule has 5 nitrogen and oxygen atoms in total. The maximum absolute atomic E-state index is 13.5. The summed E-state index contributed by atoms with van der Waals surface area (Å²) in [5.41, 5.74) is 0.231. The molecular weight excluding hydrogens is 247 g/mol. The molecule has 0 amide bonds. The summed E-state index contributed by atoms with van der Waals surface area (Å²) in [6, 6.07) is 1.48. The summed E-state index contributed by atoms with van der Waals surface area (Å²) >= 11 is 0. The van der Waals surface area contributed by atoms with Gasteiger partial charge in [-0.15, -0.1) is 0 Å². The second kappa shape index (κ2) is 5.88. The smallest absolute Gasteiger partial charge is 0.147 e. The molecule has 0 bridgehead atoms. The van der Waals surface area contributed by atoms with Crippen molar-refractivity contribution in [1.29, 1.82) is 0 Å². The van der Waals surface area contributed by atoms with Gasteiger partial charge in [-0.05, 0) is 12.0 Å². The van der Waals surface area contributed by atoms with Gasteiger partial charge in [0.2, 0.25) is 0 Å². The van der Waals surface area contributed by atoms with Crippen LogP contribution in [-0.4, -0.2) is 24.9 Å². The highest BCUT2D eigenvalue weighted by Gasteiger charge is 2.16. The zero-order chi connectivity index (χ0) is 13.8. The average Bonchev–Trinajstić information content (AvgIpc) is 2.76. The largest absolute Gasteiger partial charge is 0.388 e. The monoisotopic (exact) mass is 264 g/mol. The van der Waals surface area contributed by atoms with E-state index in [1.54, 1.807) is 4.68 Å². The van der Waals surface area contributed by atoms with Gasteiger partial charge in [0.25, 0.3) is 0 Å². The first-order valence-electron chi connectivity index (χ1n) is 6.22. The Kier molecular flexibility index (Phi) is 4.21. The average molecular weight is 264 g/mol. The number of aromatic nitrogens is 4. The molecule has 0 fully saturated rings. The molecule has 0 spiro atoms. The standard InChI is InChI=1S/C13H17FN4O/c1-9(2)7-18-13(16-8-17-18)5-12(19)10-3-4-15-6-11(10)14/h3-4,6,8-9,12,19H,5,7H2,1-2H3. The van der Waals surface area contributed by atoms with E-state index in [2.05, 4.69) is 28.9 Å². The van der Waals surface area contributed by atoms with Gasteiger partial charge in [-0.2, -0.15) is 5.10 Å². The molecule has 0 saturated carbocycles. The van der Waals surface area contributed by atoms with Crippen LogP contribution in [0.25, 0.3) is 0 Å². The predicted octanol–water partition coefficient (Wildman–Crippen LogP) is 1.74. The van der Waals surface area contributed by atoms with E-state index in [9.17, 15) is 9.50 Å². The highest BCUT2D eigenvalue weighted by atomic mass is 19.1. The Balaban J connectivity index is 2.13. The van der Waals surface area contributed by atoms with Crippen molar-refractivity contribution in [2.24, 2.45) is 5.92 Å². The van der Waals surface area contributed by atoms with Crippen LogP contribution in [0.15, 0.2) is 24.8 Å². The Bertz CT molecular complexity index is 541. The third kappa shape index (κ3) is 3.35.